The van der Waals surface area contributed by atoms with Crippen LogP contribution in [-0.2, 0) is 4.74 Å². The Morgan fingerprint density at radius 2 is 2.03 bits per heavy atom. The van der Waals surface area contributed by atoms with Crippen molar-refractivity contribution in [3.63, 3.8) is 0 Å². The van der Waals surface area contributed by atoms with Crippen LogP contribution in [-0.4, -0.2) is 92.3 Å². The van der Waals surface area contributed by atoms with Crippen LogP contribution in [0.5, 0.6) is 5.88 Å². The Hall–Kier alpha value is -3.52. The van der Waals surface area contributed by atoms with Crippen molar-refractivity contribution >= 4 is 22.5 Å². The number of likely N-dealkylation sites (tertiary alicyclic amines) is 1. The van der Waals surface area contributed by atoms with Gasteiger partial charge in [0.25, 0.3) is 12.3 Å². The third-order valence-corrected chi connectivity index (χ3v) is 7.27. The molecule has 2 aliphatic rings. The molecule has 0 unspecified atom stereocenters. The second-order valence-electron chi connectivity index (χ2n) is 9.69. The van der Waals surface area contributed by atoms with E-state index in [4.69, 9.17) is 9.47 Å². The number of nitrogens with zero attached hydrogens (tertiary/aromatic N) is 7. The third-order valence-electron chi connectivity index (χ3n) is 7.27. The van der Waals surface area contributed by atoms with Gasteiger partial charge in [0.1, 0.15) is 17.1 Å². The zero-order valence-corrected chi connectivity index (χ0v) is 20.7. The Kier molecular flexibility index (Phi) is 6.10. The molecular weight excluding hydrogens is 508 g/mol. The van der Waals surface area contributed by atoms with Gasteiger partial charge in [-0.3, -0.25) is 4.90 Å². The van der Waals surface area contributed by atoms with Crippen LogP contribution >= 0.6 is 0 Å². The summed E-state index contributed by atoms with van der Waals surface area (Å²) < 4.78 is 70.0. The number of alkyl halides is 4. The normalized spacial score (nSPS) is 21.2. The van der Waals surface area contributed by atoms with Gasteiger partial charge in [0, 0.05) is 18.3 Å². The number of benzene rings is 1. The minimum atomic E-state index is -2.98. The first-order valence-electron chi connectivity index (χ1n) is 12.3. The zero-order chi connectivity index (χ0) is 26.6. The maximum Gasteiger partial charge on any atom is 0.280 e. The summed E-state index contributed by atoms with van der Waals surface area (Å²) in [5.74, 6) is -2.78. The molecule has 0 radical (unpaired) electrons. The molecule has 10 nitrogen and oxygen atoms in total. The summed E-state index contributed by atoms with van der Waals surface area (Å²) in [7, 11) is 1.43. The van der Waals surface area contributed by atoms with Crippen molar-refractivity contribution in [3.8, 4) is 17.0 Å². The van der Waals surface area contributed by atoms with Crippen LogP contribution in [0.3, 0.4) is 0 Å². The summed E-state index contributed by atoms with van der Waals surface area (Å²) in [6.07, 6.45) is -0.716. The molecule has 14 heteroatoms. The quantitative estimate of drug-likeness (QED) is 0.360. The van der Waals surface area contributed by atoms with Gasteiger partial charge in [-0.2, -0.15) is 4.98 Å². The summed E-state index contributed by atoms with van der Waals surface area (Å²) in [5.41, 5.74) is 2.80. The van der Waals surface area contributed by atoms with Gasteiger partial charge < -0.3 is 14.8 Å². The maximum atomic E-state index is 15.0. The molecule has 1 aromatic carbocycles. The molecule has 0 spiro atoms. The minimum Gasteiger partial charge on any atom is -0.479 e. The number of anilines is 1. The van der Waals surface area contributed by atoms with Crippen LogP contribution in [0.15, 0.2) is 30.5 Å². The van der Waals surface area contributed by atoms with E-state index in [1.54, 1.807) is 35.4 Å². The van der Waals surface area contributed by atoms with Crippen molar-refractivity contribution in [2.24, 2.45) is 0 Å². The summed E-state index contributed by atoms with van der Waals surface area (Å²) in [4.78, 5) is 6.15. The lowest BCUT2D eigenvalue weighted by Gasteiger charge is -2.44. The monoisotopic (exact) mass is 534 g/mol. The predicted molar refractivity (Wildman–Crippen MR) is 130 cm³/mol. The zero-order valence-electron chi connectivity index (χ0n) is 20.7. The topological polar surface area (TPSA) is 94.6 Å². The van der Waals surface area contributed by atoms with E-state index in [-0.39, 0.29) is 30.8 Å². The molecule has 6 rings (SSSR count). The highest BCUT2D eigenvalue weighted by molar-refractivity contribution is 5.89. The number of rotatable bonds is 7. The Morgan fingerprint density at radius 3 is 2.71 bits per heavy atom. The van der Waals surface area contributed by atoms with Crippen LogP contribution in [0.25, 0.3) is 27.7 Å². The number of halogens is 4. The molecule has 5 heterocycles. The van der Waals surface area contributed by atoms with Gasteiger partial charge in [0.2, 0.25) is 11.8 Å². The van der Waals surface area contributed by atoms with Crippen molar-refractivity contribution in [2.45, 2.75) is 43.8 Å². The Bertz CT molecular complexity index is 1470. The second-order valence-corrected chi connectivity index (χ2v) is 9.69. The summed E-state index contributed by atoms with van der Waals surface area (Å²) in [6, 6.07) is 4.73. The average molecular weight is 535 g/mol. The lowest BCUT2D eigenvalue weighted by atomic mass is 9.98. The molecule has 1 N–H and O–H groups in total. The van der Waals surface area contributed by atoms with Gasteiger partial charge in [0.05, 0.1) is 44.5 Å². The SMILES string of the molecule is COc1nc(N[C@@H]2CCN(C3COC3)CC2(F)F)nn2ccc(-c3ccc4nnn([C@@H](C)C(F)F)c4c3)c12. The van der Waals surface area contributed by atoms with Gasteiger partial charge >= 0.3 is 0 Å². The van der Waals surface area contributed by atoms with E-state index >= 15 is 0 Å². The highest BCUT2D eigenvalue weighted by atomic mass is 19.3. The molecule has 0 aliphatic carbocycles. The average Bonchev–Trinajstić information content (AvgIpc) is 3.47. The van der Waals surface area contributed by atoms with Crippen LogP contribution in [0.1, 0.15) is 19.4 Å². The first-order chi connectivity index (χ1) is 18.2. The van der Waals surface area contributed by atoms with Crippen molar-refractivity contribution in [1.29, 1.82) is 0 Å². The standard InChI is InChI=1S/C24H26F4N8O2/c1-13(21(25)26)36-18-9-14(3-4-17(18)31-33-36)16-5-8-35-20(16)22(37-2)30-23(32-35)29-19-6-7-34(12-24(19,27)28)15-10-38-11-15/h3-5,8-9,13,15,19,21H,6-7,10-12H2,1-2H3,(H,29,32)/t13-,19+/m0/s1. The van der Waals surface area contributed by atoms with E-state index in [1.807, 2.05) is 0 Å². The smallest absolute Gasteiger partial charge is 0.280 e. The third kappa shape index (κ3) is 4.21. The van der Waals surface area contributed by atoms with E-state index in [1.165, 1.54) is 23.2 Å². The molecular formula is C24H26F4N8O2. The minimum absolute atomic E-state index is 0.0186. The van der Waals surface area contributed by atoms with Gasteiger partial charge in [-0.15, -0.1) is 10.2 Å². The van der Waals surface area contributed by atoms with Gasteiger partial charge in [-0.1, -0.05) is 11.3 Å². The van der Waals surface area contributed by atoms with Crippen molar-refractivity contribution < 1.29 is 27.0 Å². The van der Waals surface area contributed by atoms with Crippen LogP contribution in [0.2, 0.25) is 0 Å². The van der Waals surface area contributed by atoms with E-state index in [0.29, 0.717) is 47.4 Å². The molecule has 4 aromatic rings. The number of nitrogens with one attached hydrogen (secondary N) is 1. The number of hydrogen-bond donors (Lipinski definition) is 1. The molecule has 0 bridgehead atoms. The van der Waals surface area contributed by atoms with Gasteiger partial charge in [-0.25, -0.2) is 26.8 Å². The molecule has 38 heavy (non-hydrogen) atoms. The molecule has 2 atom stereocenters. The Morgan fingerprint density at radius 1 is 1.21 bits per heavy atom. The molecule has 2 saturated heterocycles. The maximum absolute atomic E-state index is 15.0. The van der Waals surface area contributed by atoms with E-state index in [0.717, 1.165) is 0 Å². The lowest BCUT2D eigenvalue weighted by molar-refractivity contribution is -0.131. The van der Waals surface area contributed by atoms with Crippen LogP contribution in [0.4, 0.5) is 23.5 Å². The van der Waals surface area contributed by atoms with Gasteiger partial charge in [0.15, 0.2) is 0 Å². The van der Waals surface area contributed by atoms with E-state index < -0.39 is 24.4 Å². The molecule has 2 aliphatic heterocycles. The number of aromatic nitrogens is 6. The van der Waals surface area contributed by atoms with Crippen LogP contribution < -0.4 is 10.1 Å². The van der Waals surface area contributed by atoms with Crippen LogP contribution in [0, 0.1) is 0 Å². The first kappa shape index (κ1) is 24.8. The number of hydrogen-bond acceptors (Lipinski definition) is 8. The summed E-state index contributed by atoms with van der Waals surface area (Å²) in [6.45, 7) is 2.51. The molecule has 0 saturated carbocycles. The number of fused-ring (bicyclic) bond motifs is 2. The molecule has 3 aromatic heterocycles. The summed E-state index contributed by atoms with van der Waals surface area (Å²) >= 11 is 0. The predicted octanol–water partition coefficient (Wildman–Crippen LogP) is 3.50. The highest BCUT2D eigenvalue weighted by Gasteiger charge is 2.47. The van der Waals surface area contributed by atoms with Crippen molar-refractivity contribution in [1.82, 2.24) is 34.5 Å². The van der Waals surface area contributed by atoms with Gasteiger partial charge in [-0.05, 0) is 37.1 Å². The Labute approximate surface area is 214 Å². The highest BCUT2D eigenvalue weighted by Crippen LogP contribution is 2.35. The molecule has 2 fully saturated rings. The van der Waals surface area contributed by atoms with Crippen molar-refractivity contribution in [3.05, 3.63) is 30.5 Å². The molecule has 0 amide bonds. The fraction of sp³-hybridized carbons (Fsp3) is 0.500. The largest absolute Gasteiger partial charge is 0.479 e. The first-order valence-corrected chi connectivity index (χ1v) is 12.3. The Balaban J connectivity index is 1.31. The van der Waals surface area contributed by atoms with E-state index in [2.05, 4.69) is 25.7 Å². The molecule has 202 valence electrons. The fourth-order valence-electron chi connectivity index (χ4n) is 4.99. The second kappa shape index (κ2) is 9.34. The van der Waals surface area contributed by atoms with E-state index in [9.17, 15) is 17.6 Å². The number of piperidine rings is 1. The summed E-state index contributed by atoms with van der Waals surface area (Å²) in [5, 5.41) is 15.1. The number of ether oxygens (including phenoxy) is 2. The lowest BCUT2D eigenvalue weighted by Crippen LogP contribution is -2.61. The number of methoxy groups -OCH3 is 1. The fourth-order valence-corrected chi connectivity index (χ4v) is 4.99. The van der Waals surface area contributed by atoms with Crippen molar-refractivity contribution in [2.75, 3.05) is 38.7 Å².